The second-order valence-corrected chi connectivity index (χ2v) is 14.9. The van der Waals surface area contributed by atoms with Gasteiger partial charge in [-0.3, -0.25) is 0 Å². The van der Waals surface area contributed by atoms with Gasteiger partial charge >= 0.3 is 12.1 Å². The second kappa shape index (κ2) is 10.1. The molecule has 2 unspecified atom stereocenters. The van der Waals surface area contributed by atoms with Crippen molar-refractivity contribution in [1.29, 1.82) is 0 Å². The van der Waals surface area contributed by atoms with E-state index in [0.717, 1.165) is 5.39 Å². The number of likely N-dealkylation sites (tertiary alicyclic amines) is 1. The number of ether oxygens (including phenoxy) is 2. The molecule has 38 heavy (non-hydrogen) atoms. The number of fused-ring (bicyclic) bond motifs is 1. The molecular weight excluding hydrogens is 506 g/mol. The predicted octanol–water partition coefficient (Wildman–Crippen LogP) is 4.66. The summed E-state index contributed by atoms with van der Waals surface area (Å²) in [5.74, 6) is -0.521. The lowest BCUT2D eigenvalue weighted by atomic mass is 9.74. The predicted molar refractivity (Wildman–Crippen MR) is 145 cm³/mol. The third-order valence-corrected chi connectivity index (χ3v) is 9.73. The summed E-state index contributed by atoms with van der Waals surface area (Å²) in [6, 6.07) is 8.91. The Morgan fingerprint density at radius 2 is 1.71 bits per heavy atom. The van der Waals surface area contributed by atoms with Crippen LogP contribution in [0.25, 0.3) is 10.8 Å². The van der Waals surface area contributed by atoms with E-state index in [-0.39, 0.29) is 11.8 Å². The van der Waals surface area contributed by atoms with Crippen LogP contribution < -0.4 is 4.72 Å². The summed E-state index contributed by atoms with van der Waals surface area (Å²) >= 11 is 0. The first kappa shape index (κ1) is 28.3. The molecule has 2 fully saturated rings. The van der Waals surface area contributed by atoms with Crippen LogP contribution in [0.2, 0.25) is 0 Å². The number of pyridine rings is 1. The smallest absolute Gasteiger partial charge is 0.410 e. The van der Waals surface area contributed by atoms with Gasteiger partial charge in [0.1, 0.15) is 11.7 Å². The number of sulfonamides is 1. The molecule has 2 heterocycles. The van der Waals surface area contributed by atoms with Gasteiger partial charge in [0.15, 0.2) is 5.69 Å². The molecule has 1 saturated heterocycles. The molecule has 1 spiro atoms. The molecule has 1 aliphatic heterocycles. The first-order valence-corrected chi connectivity index (χ1v) is 14.6. The van der Waals surface area contributed by atoms with Gasteiger partial charge < -0.3 is 14.4 Å². The maximum absolute atomic E-state index is 13.2. The van der Waals surface area contributed by atoms with E-state index in [2.05, 4.69) is 9.71 Å². The van der Waals surface area contributed by atoms with Crippen LogP contribution in [0.4, 0.5) is 4.79 Å². The monoisotopic (exact) mass is 545 g/mol. The lowest BCUT2D eigenvalue weighted by molar-refractivity contribution is 0.00491. The second-order valence-electron chi connectivity index (χ2n) is 12.5. The molecule has 208 valence electrons. The molecule has 2 aliphatic rings. The van der Waals surface area contributed by atoms with E-state index < -0.39 is 43.9 Å². The zero-order valence-electron chi connectivity index (χ0n) is 23.1. The standard InChI is InChI=1S/C28H39N3O6S/c1-26(2,3)37-25(33)31-15-12-28(13-16-31)18-20(17-22(28)30-38(34,35)27(4,5)6)36-24(32)23-21-10-8-7-9-19(21)11-14-29-23/h7-11,14,20,22,30H,12-13,15-18H2,1-6H3. The normalized spacial score (nSPS) is 22.0. The van der Waals surface area contributed by atoms with Crippen molar-refractivity contribution >= 4 is 32.9 Å². The SMILES string of the molecule is CC(C)(C)OC(=O)N1CCC2(CC1)CC(OC(=O)c1nccc3ccccc13)CC2NS(=O)(=O)C(C)(C)C. The number of aromatic nitrogens is 1. The first-order chi connectivity index (χ1) is 17.6. The third-order valence-electron chi connectivity index (χ3n) is 7.53. The zero-order chi connectivity index (χ0) is 27.9. The molecule has 1 aromatic carbocycles. The van der Waals surface area contributed by atoms with Gasteiger partial charge in [-0.15, -0.1) is 0 Å². The summed E-state index contributed by atoms with van der Waals surface area (Å²) < 4.78 is 39.7. The summed E-state index contributed by atoms with van der Waals surface area (Å²) in [7, 11) is -3.65. The van der Waals surface area contributed by atoms with Crippen LogP contribution in [0.5, 0.6) is 0 Å². The molecule has 2 aromatic rings. The number of piperidine rings is 1. The van der Waals surface area contributed by atoms with Gasteiger partial charge in [-0.1, -0.05) is 24.3 Å². The van der Waals surface area contributed by atoms with Crippen molar-refractivity contribution in [2.24, 2.45) is 5.41 Å². The minimum absolute atomic E-state index is 0.246. The molecule has 1 saturated carbocycles. The lowest BCUT2D eigenvalue weighted by Crippen LogP contribution is -2.54. The number of esters is 1. The topological polar surface area (TPSA) is 115 Å². The molecule has 1 amide bonds. The van der Waals surface area contributed by atoms with Crippen LogP contribution >= 0.6 is 0 Å². The Morgan fingerprint density at radius 3 is 2.34 bits per heavy atom. The van der Waals surface area contributed by atoms with Gasteiger partial charge in [-0.05, 0) is 77.7 Å². The third kappa shape index (κ3) is 5.96. The number of rotatable bonds is 4. The number of amides is 1. The Morgan fingerprint density at radius 1 is 1.05 bits per heavy atom. The molecule has 4 rings (SSSR count). The number of nitrogens with one attached hydrogen (secondary N) is 1. The molecule has 0 bridgehead atoms. The van der Waals surface area contributed by atoms with Gasteiger partial charge in [0.05, 0.1) is 4.75 Å². The van der Waals surface area contributed by atoms with Crippen molar-refractivity contribution in [3.05, 3.63) is 42.2 Å². The molecule has 10 heteroatoms. The highest BCUT2D eigenvalue weighted by Crippen LogP contribution is 2.48. The van der Waals surface area contributed by atoms with Crippen molar-refractivity contribution in [2.75, 3.05) is 13.1 Å². The van der Waals surface area contributed by atoms with E-state index in [1.165, 1.54) is 0 Å². The van der Waals surface area contributed by atoms with Crippen molar-refractivity contribution in [1.82, 2.24) is 14.6 Å². The Balaban J connectivity index is 1.54. The first-order valence-electron chi connectivity index (χ1n) is 13.1. The number of hydrogen-bond donors (Lipinski definition) is 1. The van der Waals surface area contributed by atoms with Crippen LogP contribution in [-0.2, 0) is 19.5 Å². The molecule has 2 atom stereocenters. The molecule has 1 N–H and O–H groups in total. The van der Waals surface area contributed by atoms with E-state index in [0.29, 0.717) is 44.2 Å². The number of benzene rings is 1. The Bertz CT molecular complexity index is 1300. The largest absolute Gasteiger partial charge is 0.458 e. The van der Waals surface area contributed by atoms with Gasteiger partial charge in [-0.2, -0.15) is 0 Å². The van der Waals surface area contributed by atoms with Crippen molar-refractivity contribution in [3.63, 3.8) is 0 Å². The molecule has 1 aliphatic carbocycles. The van der Waals surface area contributed by atoms with Crippen LogP contribution in [0.15, 0.2) is 36.5 Å². The fraction of sp³-hybridized carbons (Fsp3) is 0.607. The van der Waals surface area contributed by atoms with Gasteiger partial charge in [-0.25, -0.2) is 27.7 Å². The number of nitrogens with zero attached hydrogens (tertiary/aromatic N) is 2. The van der Waals surface area contributed by atoms with Crippen LogP contribution in [0.3, 0.4) is 0 Å². The van der Waals surface area contributed by atoms with E-state index in [9.17, 15) is 18.0 Å². The van der Waals surface area contributed by atoms with Crippen LogP contribution in [-0.4, -0.2) is 65.9 Å². The van der Waals surface area contributed by atoms with Crippen LogP contribution in [0.1, 0.15) is 77.7 Å². The minimum Gasteiger partial charge on any atom is -0.458 e. The summed E-state index contributed by atoms with van der Waals surface area (Å²) in [5, 5.41) is 1.60. The quantitative estimate of drug-likeness (QED) is 0.556. The highest BCUT2D eigenvalue weighted by Gasteiger charge is 2.52. The maximum Gasteiger partial charge on any atom is 0.410 e. The summed E-state index contributed by atoms with van der Waals surface area (Å²) in [5.41, 5.74) is -0.802. The summed E-state index contributed by atoms with van der Waals surface area (Å²) in [6.07, 6.45) is 2.74. The van der Waals surface area contributed by atoms with Crippen molar-refractivity contribution in [3.8, 4) is 0 Å². The number of hydrogen-bond acceptors (Lipinski definition) is 7. The fourth-order valence-corrected chi connectivity index (χ4v) is 6.40. The Hall–Kier alpha value is -2.72. The molecular formula is C28H39N3O6S. The Kier molecular flexibility index (Phi) is 7.53. The van der Waals surface area contributed by atoms with E-state index in [4.69, 9.17) is 9.47 Å². The summed E-state index contributed by atoms with van der Waals surface area (Å²) in [4.78, 5) is 31.8. The Labute approximate surface area is 225 Å². The van der Waals surface area contributed by atoms with Gasteiger partial charge in [0, 0.05) is 37.1 Å². The van der Waals surface area contributed by atoms with Gasteiger partial charge in [0.25, 0.3) is 0 Å². The average molecular weight is 546 g/mol. The average Bonchev–Trinajstić information content (AvgIpc) is 3.12. The molecule has 9 nitrogen and oxygen atoms in total. The molecule has 0 radical (unpaired) electrons. The highest BCUT2D eigenvalue weighted by atomic mass is 32.2. The van der Waals surface area contributed by atoms with E-state index in [1.54, 1.807) is 31.9 Å². The van der Waals surface area contributed by atoms with E-state index in [1.807, 2.05) is 51.1 Å². The fourth-order valence-electron chi connectivity index (χ4n) is 5.32. The van der Waals surface area contributed by atoms with Gasteiger partial charge in [0.2, 0.25) is 10.0 Å². The van der Waals surface area contributed by atoms with E-state index >= 15 is 0 Å². The van der Waals surface area contributed by atoms with Crippen molar-refractivity contribution < 1.29 is 27.5 Å². The van der Waals surface area contributed by atoms with Crippen molar-refractivity contribution in [2.45, 2.75) is 89.7 Å². The summed E-state index contributed by atoms with van der Waals surface area (Å²) in [6.45, 7) is 11.3. The zero-order valence-corrected chi connectivity index (χ0v) is 23.9. The molecule has 1 aromatic heterocycles. The number of carbonyl (C=O) groups excluding carboxylic acids is 2. The lowest BCUT2D eigenvalue weighted by Gasteiger charge is -2.43. The highest BCUT2D eigenvalue weighted by molar-refractivity contribution is 7.90. The maximum atomic E-state index is 13.2. The minimum atomic E-state index is -3.65. The number of carbonyl (C=O) groups is 2. The van der Waals surface area contributed by atoms with Crippen LogP contribution in [0, 0.1) is 5.41 Å².